The SMILES string of the molecule is [C-]#[N+]C1=C[C@]2(C)C3=CC(=O)CC[C@]3(COC(C)=O)CC[C@H]2C(C)(C)C1=O. The molecule has 0 bridgehead atoms. The first-order chi connectivity index (χ1) is 12.1. The van der Waals surface area contributed by atoms with Crippen molar-refractivity contribution in [2.45, 2.75) is 53.4 Å². The lowest BCUT2D eigenvalue weighted by Gasteiger charge is -2.58. The third-order valence-corrected chi connectivity index (χ3v) is 6.74. The average Bonchev–Trinajstić information content (AvgIpc) is 2.57. The van der Waals surface area contributed by atoms with E-state index in [0.717, 1.165) is 18.4 Å². The molecule has 0 unspecified atom stereocenters. The second kappa shape index (κ2) is 5.90. The Morgan fingerprint density at radius 1 is 1.31 bits per heavy atom. The molecule has 1 saturated carbocycles. The number of ketones is 2. The van der Waals surface area contributed by atoms with Gasteiger partial charge in [-0.3, -0.25) is 9.59 Å². The highest BCUT2D eigenvalue weighted by Gasteiger charge is 2.60. The Kier molecular flexibility index (Phi) is 4.22. The van der Waals surface area contributed by atoms with Crippen LogP contribution in [0.2, 0.25) is 0 Å². The minimum Gasteiger partial charge on any atom is -0.465 e. The maximum absolute atomic E-state index is 12.8. The van der Waals surface area contributed by atoms with Crippen molar-refractivity contribution in [3.63, 3.8) is 0 Å². The number of carbonyl (C=O) groups is 3. The van der Waals surface area contributed by atoms with Crippen LogP contribution in [0.3, 0.4) is 0 Å². The monoisotopic (exact) mass is 355 g/mol. The molecule has 3 aliphatic carbocycles. The molecule has 26 heavy (non-hydrogen) atoms. The van der Waals surface area contributed by atoms with Crippen LogP contribution < -0.4 is 0 Å². The van der Waals surface area contributed by atoms with E-state index in [1.807, 2.05) is 20.8 Å². The van der Waals surface area contributed by atoms with Crippen molar-refractivity contribution >= 4 is 17.5 Å². The lowest BCUT2D eigenvalue weighted by atomic mass is 9.45. The summed E-state index contributed by atoms with van der Waals surface area (Å²) in [5.41, 5.74) is -0.536. The number of nitrogens with zero attached hydrogens (tertiary/aromatic N) is 1. The number of allylic oxidation sites excluding steroid dienone is 3. The largest absolute Gasteiger partial charge is 0.465 e. The fourth-order valence-corrected chi connectivity index (χ4v) is 5.45. The third kappa shape index (κ3) is 2.55. The zero-order chi connectivity index (χ0) is 19.3. The number of Topliss-reactive ketones (excluding diaryl/α,β-unsaturated/α-hetero) is 1. The zero-order valence-electron chi connectivity index (χ0n) is 15.8. The summed E-state index contributed by atoms with van der Waals surface area (Å²) in [7, 11) is 0. The Morgan fingerprint density at radius 2 is 2.00 bits per heavy atom. The number of carbonyl (C=O) groups excluding carboxylic acids is 3. The van der Waals surface area contributed by atoms with Crippen molar-refractivity contribution in [3.8, 4) is 0 Å². The third-order valence-electron chi connectivity index (χ3n) is 6.74. The number of hydrogen-bond acceptors (Lipinski definition) is 4. The molecule has 0 aromatic heterocycles. The van der Waals surface area contributed by atoms with E-state index in [9.17, 15) is 14.4 Å². The highest BCUT2D eigenvalue weighted by atomic mass is 16.5. The molecule has 5 heteroatoms. The van der Waals surface area contributed by atoms with Gasteiger partial charge in [0.15, 0.2) is 11.6 Å². The first-order valence-corrected chi connectivity index (χ1v) is 9.11. The molecule has 0 spiro atoms. The first kappa shape index (κ1) is 18.6. The molecule has 3 aliphatic rings. The van der Waals surface area contributed by atoms with Gasteiger partial charge in [0.1, 0.15) is 6.61 Å². The summed E-state index contributed by atoms with van der Waals surface area (Å²) in [5, 5.41) is 0. The van der Waals surface area contributed by atoms with Gasteiger partial charge < -0.3 is 9.53 Å². The molecule has 0 aromatic carbocycles. The number of fused-ring (bicyclic) bond motifs is 3. The average molecular weight is 355 g/mol. The predicted octanol–water partition coefficient (Wildman–Crippen LogP) is 3.65. The maximum Gasteiger partial charge on any atom is 0.302 e. The summed E-state index contributed by atoms with van der Waals surface area (Å²) in [5.74, 6) is -0.381. The fraction of sp³-hybridized carbons (Fsp3) is 0.619. The van der Waals surface area contributed by atoms with Gasteiger partial charge in [-0.1, -0.05) is 26.8 Å². The lowest BCUT2D eigenvalue weighted by Crippen LogP contribution is -2.55. The Bertz CT molecular complexity index is 797. The van der Waals surface area contributed by atoms with Crippen LogP contribution in [0.25, 0.3) is 4.85 Å². The van der Waals surface area contributed by atoms with Gasteiger partial charge in [-0.05, 0) is 36.8 Å². The zero-order valence-corrected chi connectivity index (χ0v) is 15.8. The van der Waals surface area contributed by atoms with Crippen LogP contribution in [0, 0.1) is 28.7 Å². The van der Waals surface area contributed by atoms with Crippen molar-refractivity contribution in [1.82, 2.24) is 0 Å². The van der Waals surface area contributed by atoms with Crippen molar-refractivity contribution in [3.05, 3.63) is 34.8 Å². The van der Waals surface area contributed by atoms with Gasteiger partial charge in [0.05, 0.1) is 6.57 Å². The van der Waals surface area contributed by atoms with Gasteiger partial charge >= 0.3 is 5.97 Å². The molecule has 0 aromatic rings. The number of ether oxygens (including phenoxy) is 1. The second-order valence-corrected chi connectivity index (χ2v) is 8.65. The molecule has 0 saturated heterocycles. The Hall–Kier alpha value is -2.22. The van der Waals surface area contributed by atoms with Crippen LogP contribution in [-0.4, -0.2) is 24.1 Å². The van der Waals surface area contributed by atoms with Gasteiger partial charge in [0.25, 0.3) is 0 Å². The van der Waals surface area contributed by atoms with Gasteiger partial charge in [0, 0.05) is 29.6 Å². The van der Waals surface area contributed by atoms with Crippen molar-refractivity contribution in [2.24, 2.45) is 22.2 Å². The number of rotatable bonds is 2. The Balaban J connectivity index is 2.18. The van der Waals surface area contributed by atoms with E-state index in [2.05, 4.69) is 4.85 Å². The van der Waals surface area contributed by atoms with E-state index >= 15 is 0 Å². The van der Waals surface area contributed by atoms with Crippen molar-refractivity contribution < 1.29 is 19.1 Å². The van der Waals surface area contributed by atoms with Gasteiger partial charge in [0.2, 0.25) is 5.70 Å². The smallest absolute Gasteiger partial charge is 0.302 e. The Labute approximate surface area is 154 Å². The molecule has 0 N–H and O–H groups in total. The van der Waals surface area contributed by atoms with Crippen LogP contribution in [0.15, 0.2) is 23.4 Å². The van der Waals surface area contributed by atoms with Crippen LogP contribution in [0.5, 0.6) is 0 Å². The van der Waals surface area contributed by atoms with Crippen molar-refractivity contribution in [1.29, 1.82) is 0 Å². The summed E-state index contributed by atoms with van der Waals surface area (Å²) < 4.78 is 5.39. The second-order valence-electron chi connectivity index (χ2n) is 8.65. The molecule has 0 amide bonds. The van der Waals surface area contributed by atoms with E-state index in [-0.39, 0.29) is 41.2 Å². The van der Waals surface area contributed by atoms with E-state index in [0.29, 0.717) is 12.8 Å². The van der Waals surface area contributed by atoms with E-state index in [4.69, 9.17) is 11.3 Å². The van der Waals surface area contributed by atoms with Crippen LogP contribution in [0.4, 0.5) is 0 Å². The fourth-order valence-electron chi connectivity index (χ4n) is 5.45. The normalized spacial score (nSPS) is 35.4. The van der Waals surface area contributed by atoms with Gasteiger partial charge in [-0.2, -0.15) is 0 Å². The molecule has 3 rings (SSSR count). The molecule has 1 fully saturated rings. The van der Waals surface area contributed by atoms with Crippen molar-refractivity contribution in [2.75, 3.05) is 6.61 Å². The van der Waals surface area contributed by atoms with Gasteiger partial charge in [-0.25, -0.2) is 4.85 Å². The standard InChI is InChI=1S/C21H25NO4/c1-13(23)26-12-21-8-6-14(24)10-17(21)20(4)11-15(22-5)18(25)19(2,3)16(20)7-9-21/h10-11,16H,6-9,12H2,1-4H3/t16-,20-,21+/m0/s1. The summed E-state index contributed by atoms with van der Waals surface area (Å²) in [6.45, 7) is 14.9. The minimum absolute atomic E-state index is 0.00982. The van der Waals surface area contributed by atoms with Crippen LogP contribution in [-0.2, 0) is 19.1 Å². The van der Waals surface area contributed by atoms with Crippen LogP contribution >= 0.6 is 0 Å². The summed E-state index contributed by atoms with van der Waals surface area (Å²) in [6, 6.07) is 0. The summed E-state index contributed by atoms with van der Waals surface area (Å²) in [4.78, 5) is 39.9. The molecular weight excluding hydrogens is 330 g/mol. The van der Waals surface area contributed by atoms with E-state index < -0.39 is 10.8 Å². The molecule has 0 aliphatic heterocycles. The molecule has 138 valence electrons. The molecule has 5 nitrogen and oxygen atoms in total. The van der Waals surface area contributed by atoms with Gasteiger partial charge in [-0.15, -0.1) is 0 Å². The maximum atomic E-state index is 12.8. The molecule has 0 heterocycles. The quantitative estimate of drug-likeness (QED) is 0.560. The highest BCUT2D eigenvalue weighted by Crippen LogP contribution is 2.64. The molecule has 0 radical (unpaired) electrons. The van der Waals surface area contributed by atoms with E-state index in [1.165, 1.54) is 6.92 Å². The predicted molar refractivity (Wildman–Crippen MR) is 95.7 cm³/mol. The summed E-state index contributed by atoms with van der Waals surface area (Å²) in [6.07, 6.45) is 6.12. The first-order valence-electron chi connectivity index (χ1n) is 9.11. The topological polar surface area (TPSA) is 64.8 Å². The summed E-state index contributed by atoms with van der Waals surface area (Å²) >= 11 is 0. The Morgan fingerprint density at radius 3 is 2.62 bits per heavy atom. The number of hydrogen-bond donors (Lipinski definition) is 0. The van der Waals surface area contributed by atoms with E-state index in [1.54, 1.807) is 12.2 Å². The molecule has 3 atom stereocenters. The minimum atomic E-state index is -0.668. The lowest BCUT2D eigenvalue weighted by molar-refractivity contribution is -0.146. The number of esters is 1. The highest BCUT2D eigenvalue weighted by molar-refractivity contribution is 6.03. The van der Waals surface area contributed by atoms with Crippen LogP contribution in [0.1, 0.15) is 53.4 Å². The molecular formula is C21H25NO4.